The van der Waals surface area contributed by atoms with Crippen molar-refractivity contribution in [3.63, 3.8) is 0 Å². The molecule has 0 radical (unpaired) electrons. The van der Waals surface area contributed by atoms with Crippen LogP contribution < -0.4 is 0 Å². The second-order valence-corrected chi connectivity index (χ2v) is 4.38. The number of aromatic nitrogens is 1. The molecule has 1 aliphatic rings. The van der Waals surface area contributed by atoms with Crippen molar-refractivity contribution < 1.29 is 4.74 Å². The Labute approximate surface area is 112 Å². The van der Waals surface area contributed by atoms with Gasteiger partial charge in [0.05, 0.1) is 0 Å². The molecule has 0 aliphatic carbocycles. The Balaban J connectivity index is 1.61. The third kappa shape index (κ3) is 2.91. The van der Waals surface area contributed by atoms with Crippen molar-refractivity contribution in [1.82, 2.24) is 9.99 Å². The van der Waals surface area contributed by atoms with Crippen LogP contribution in [0.2, 0.25) is 0 Å². The van der Waals surface area contributed by atoms with Crippen LogP contribution in [0.15, 0.2) is 60.0 Å². The molecule has 96 valence electrons. The third-order valence-corrected chi connectivity index (χ3v) is 3.01. The molecule has 4 nitrogen and oxygen atoms in total. The van der Waals surface area contributed by atoms with Crippen LogP contribution in [0.5, 0.6) is 0 Å². The molecule has 0 unspecified atom stereocenters. The van der Waals surface area contributed by atoms with E-state index in [1.165, 1.54) is 5.56 Å². The van der Waals surface area contributed by atoms with Gasteiger partial charge in [-0.05, 0) is 36.2 Å². The number of hydrazone groups is 1. The van der Waals surface area contributed by atoms with Gasteiger partial charge in [-0.2, -0.15) is 0 Å². The highest BCUT2D eigenvalue weighted by Gasteiger charge is 2.16. The normalized spacial score (nSPS) is 14.1. The molecule has 1 aromatic heterocycles. The number of hydrogen-bond acceptors (Lipinski definition) is 4. The highest BCUT2D eigenvalue weighted by Crippen LogP contribution is 2.11. The molecule has 2 heterocycles. The van der Waals surface area contributed by atoms with Crippen LogP contribution in [0.25, 0.3) is 0 Å². The van der Waals surface area contributed by atoms with Gasteiger partial charge < -0.3 is 4.74 Å². The Morgan fingerprint density at radius 2 is 1.84 bits per heavy atom. The summed E-state index contributed by atoms with van der Waals surface area (Å²) >= 11 is 0. The van der Waals surface area contributed by atoms with E-state index >= 15 is 0 Å². The number of rotatable bonds is 4. The van der Waals surface area contributed by atoms with E-state index in [-0.39, 0.29) is 0 Å². The first kappa shape index (κ1) is 11.7. The maximum atomic E-state index is 5.60. The fourth-order valence-electron chi connectivity index (χ4n) is 1.97. The van der Waals surface area contributed by atoms with Gasteiger partial charge in [-0.15, -0.1) is 5.10 Å². The summed E-state index contributed by atoms with van der Waals surface area (Å²) in [6, 6.07) is 14.0. The molecule has 0 amide bonds. The van der Waals surface area contributed by atoms with Gasteiger partial charge in [0.1, 0.15) is 0 Å². The fourth-order valence-corrected chi connectivity index (χ4v) is 1.97. The summed E-state index contributed by atoms with van der Waals surface area (Å²) in [4.78, 5) is 4.01. The highest BCUT2D eigenvalue weighted by molar-refractivity contribution is 5.94. The molecule has 19 heavy (non-hydrogen) atoms. The lowest BCUT2D eigenvalue weighted by atomic mass is 10.2. The Bertz CT molecular complexity index is 554. The summed E-state index contributed by atoms with van der Waals surface area (Å²) < 4.78 is 5.60. The molecule has 1 aromatic carbocycles. The van der Waals surface area contributed by atoms with E-state index in [0.717, 1.165) is 18.5 Å². The molecule has 0 saturated carbocycles. The second kappa shape index (κ2) is 5.52. The van der Waals surface area contributed by atoms with Gasteiger partial charge in [-0.1, -0.05) is 18.2 Å². The van der Waals surface area contributed by atoms with Crippen LogP contribution in [0.1, 0.15) is 11.1 Å². The van der Waals surface area contributed by atoms with Gasteiger partial charge in [0.25, 0.3) is 0 Å². The minimum absolute atomic E-state index is 0.523. The zero-order valence-corrected chi connectivity index (χ0v) is 10.6. The number of hydrogen-bond donors (Lipinski definition) is 0. The van der Waals surface area contributed by atoms with E-state index in [1.807, 2.05) is 59.9 Å². The van der Waals surface area contributed by atoms with Crippen LogP contribution in [-0.4, -0.2) is 29.2 Å². The minimum atomic E-state index is 0.523. The van der Waals surface area contributed by atoms with Crippen LogP contribution >= 0.6 is 0 Å². The Kier molecular flexibility index (Phi) is 3.40. The predicted octanol–water partition coefficient (Wildman–Crippen LogP) is 2.28. The lowest BCUT2D eigenvalue weighted by Crippen LogP contribution is -2.17. The zero-order valence-electron chi connectivity index (χ0n) is 10.6. The second-order valence-electron chi connectivity index (χ2n) is 4.38. The van der Waals surface area contributed by atoms with E-state index in [9.17, 15) is 0 Å². The molecule has 0 bridgehead atoms. The van der Waals surface area contributed by atoms with Crippen LogP contribution in [0, 0.1) is 0 Å². The Morgan fingerprint density at radius 3 is 2.63 bits per heavy atom. The maximum Gasteiger partial charge on any atom is 0.240 e. The van der Waals surface area contributed by atoms with Gasteiger partial charge in [-0.25, -0.2) is 0 Å². The lowest BCUT2D eigenvalue weighted by molar-refractivity contribution is 0.170. The number of benzene rings is 1. The van der Waals surface area contributed by atoms with Crippen molar-refractivity contribution in [2.24, 2.45) is 5.10 Å². The Hall–Kier alpha value is -2.36. The van der Waals surface area contributed by atoms with E-state index in [4.69, 9.17) is 4.74 Å². The van der Waals surface area contributed by atoms with E-state index in [1.54, 1.807) is 0 Å². The molecular formula is C15H15N3O. The summed E-state index contributed by atoms with van der Waals surface area (Å²) in [5, 5.41) is 6.43. The lowest BCUT2D eigenvalue weighted by Gasteiger charge is -2.10. The largest absolute Gasteiger partial charge is 0.453 e. The summed E-state index contributed by atoms with van der Waals surface area (Å²) in [6.45, 7) is 1.37. The van der Waals surface area contributed by atoms with Crippen molar-refractivity contribution in [2.45, 2.75) is 6.42 Å². The zero-order chi connectivity index (χ0) is 12.9. The summed E-state index contributed by atoms with van der Waals surface area (Å²) in [6.07, 6.45) is 4.57. The third-order valence-electron chi connectivity index (χ3n) is 3.01. The number of nitrogens with zero attached hydrogens (tertiary/aromatic N) is 3. The average Bonchev–Trinajstić information content (AvgIpc) is 2.96. The van der Waals surface area contributed by atoms with Gasteiger partial charge >= 0.3 is 0 Å². The van der Waals surface area contributed by atoms with Crippen molar-refractivity contribution >= 4 is 5.90 Å². The quantitative estimate of drug-likeness (QED) is 0.839. The van der Waals surface area contributed by atoms with Gasteiger partial charge in [0, 0.05) is 24.5 Å². The van der Waals surface area contributed by atoms with Gasteiger partial charge in [0.2, 0.25) is 5.90 Å². The van der Waals surface area contributed by atoms with Gasteiger partial charge in [-0.3, -0.25) is 9.99 Å². The highest BCUT2D eigenvalue weighted by atomic mass is 16.5. The molecule has 0 atom stereocenters. The van der Waals surface area contributed by atoms with Crippen molar-refractivity contribution in [3.8, 4) is 0 Å². The van der Waals surface area contributed by atoms with E-state index < -0.39 is 0 Å². The monoisotopic (exact) mass is 253 g/mol. The fraction of sp³-hybridized carbons (Fsp3) is 0.200. The molecule has 2 aromatic rings. The number of ether oxygens (including phenoxy) is 1. The van der Waals surface area contributed by atoms with Gasteiger partial charge in [0.15, 0.2) is 6.73 Å². The van der Waals surface area contributed by atoms with Crippen LogP contribution in [0.3, 0.4) is 0 Å². The van der Waals surface area contributed by atoms with Crippen LogP contribution in [-0.2, 0) is 11.2 Å². The Morgan fingerprint density at radius 1 is 1.05 bits per heavy atom. The molecule has 0 fully saturated rings. The average molecular weight is 253 g/mol. The maximum absolute atomic E-state index is 5.60. The van der Waals surface area contributed by atoms with E-state index in [0.29, 0.717) is 12.6 Å². The topological polar surface area (TPSA) is 37.7 Å². The molecule has 0 N–H and O–H groups in total. The van der Waals surface area contributed by atoms with Crippen molar-refractivity contribution in [2.75, 3.05) is 13.3 Å². The van der Waals surface area contributed by atoms with Crippen LogP contribution in [0.4, 0.5) is 0 Å². The molecule has 1 aliphatic heterocycles. The molecule has 4 heteroatoms. The predicted molar refractivity (Wildman–Crippen MR) is 73.6 cm³/mol. The molecule has 0 spiro atoms. The SMILES string of the molecule is c1ccc(C2=NN(CCc3ccncc3)CO2)cc1. The summed E-state index contributed by atoms with van der Waals surface area (Å²) in [5.41, 5.74) is 2.28. The molecule has 3 rings (SSSR count). The standard InChI is InChI=1S/C15H15N3O/c1-2-4-14(5-3-1)15-17-18(12-19-15)11-8-13-6-9-16-10-7-13/h1-7,9-10H,8,11-12H2. The minimum Gasteiger partial charge on any atom is -0.453 e. The van der Waals surface area contributed by atoms with Crippen molar-refractivity contribution in [3.05, 3.63) is 66.0 Å². The molecule has 0 saturated heterocycles. The number of pyridine rings is 1. The first-order valence-corrected chi connectivity index (χ1v) is 6.32. The molecular weight excluding hydrogens is 238 g/mol. The summed E-state index contributed by atoms with van der Waals surface area (Å²) in [5.74, 6) is 0.704. The smallest absolute Gasteiger partial charge is 0.240 e. The summed E-state index contributed by atoms with van der Waals surface area (Å²) in [7, 11) is 0. The van der Waals surface area contributed by atoms with Crippen molar-refractivity contribution in [1.29, 1.82) is 0 Å². The first-order chi connectivity index (χ1) is 9.42. The first-order valence-electron chi connectivity index (χ1n) is 6.32. The van der Waals surface area contributed by atoms with E-state index in [2.05, 4.69) is 10.1 Å².